The normalized spacial score (nSPS) is 32.9. The van der Waals surface area contributed by atoms with Crippen LogP contribution >= 0.6 is 0 Å². The van der Waals surface area contributed by atoms with Gasteiger partial charge >= 0.3 is 5.97 Å². The standard InChI is InChI=1S/C11H18O6/c1-6(2)16-10-4-8(13)11(14)9(17-10)5-15-7(3)12/h8-11,13-14H,1,4-5H2,2-3H3. The fraction of sp³-hybridized carbons (Fsp3) is 0.727. The van der Waals surface area contributed by atoms with E-state index in [4.69, 9.17) is 14.2 Å². The molecule has 6 nitrogen and oxygen atoms in total. The Morgan fingerprint density at radius 2 is 2.12 bits per heavy atom. The topological polar surface area (TPSA) is 85.2 Å². The molecule has 1 heterocycles. The number of allylic oxidation sites excluding steroid dienone is 1. The first-order chi connectivity index (χ1) is 7.90. The largest absolute Gasteiger partial charge is 0.470 e. The molecule has 0 aliphatic carbocycles. The third-order valence-electron chi connectivity index (χ3n) is 2.32. The number of hydrogen-bond acceptors (Lipinski definition) is 6. The molecule has 0 spiro atoms. The average molecular weight is 246 g/mol. The predicted molar refractivity (Wildman–Crippen MR) is 57.8 cm³/mol. The first-order valence-electron chi connectivity index (χ1n) is 5.37. The van der Waals surface area contributed by atoms with Crippen molar-refractivity contribution in [2.75, 3.05) is 6.61 Å². The van der Waals surface area contributed by atoms with E-state index in [1.54, 1.807) is 6.92 Å². The third kappa shape index (κ3) is 4.33. The molecule has 2 N–H and O–H groups in total. The predicted octanol–water partition coefficient (Wildman–Crippen LogP) is -0.0635. The van der Waals surface area contributed by atoms with Crippen molar-refractivity contribution in [3.8, 4) is 0 Å². The van der Waals surface area contributed by atoms with Crippen LogP contribution in [0.25, 0.3) is 0 Å². The van der Waals surface area contributed by atoms with Crippen LogP contribution in [0.15, 0.2) is 12.3 Å². The summed E-state index contributed by atoms with van der Waals surface area (Å²) in [6.07, 6.45) is -3.42. The van der Waals surface area contributed by atoms with E-state index >= 15 is 0 Å². The summed E-state index contributed by atoms with van der Waals surface area (Å²) in [7, 11) is 0. The Bertz CT molecular complexity index is 290. The van der Waals surface area contributed by atoms with Crippen molar-refractivity contribution in [3.63, 3.8) is 0 Å². The van der Waals surface area contributed by atoms with Gasteiger partial charge in [-0.3, -0.25) is 4.79 Å². The number of hydrogen-bond donors (Lipinski definition) is 2. The first-order valence-corrected chi connectivity index (χ1v) is 5.37. The van der Waals surface area contributed by atoms with E-state index in [1.165, 1.54) is 6.92 Å². The van der Waals surface area contributed by atoms with Crippen molar-refractivity contribution >= 4 is 5.97 Å². The molecule has 17 heavy (non-hydrogen) atoms. The fourth-order valence-electron chi connectivity index (χ4n) is 1.55. The third-order valence-corrected chi connectivity index (χ3v) is 2.32. The van der Waals surface area contributed by atoms with E-state index in [0.29, 0.717) is 5.76 Å². The van der Waals surface area contributed by atoms with Gasteiger partial charge in [0, 0.05) is 13.3 Å². The van der Waals surface area contributed by atoms with Crippen LogP contribution in [0, 0.1) is 0 Å². The molecule has 1 aliphatic rings. The van der Waals surface area contributed by atoms with Crippen molar-refractivity contribution < 1.29 is 29.2 Å². The molecule has 0 amide bonds. The van der Waals surface area contributed by atoms with Gasteiger partial charge in [0.05, 0.1) is 11.9 Å². The summed E-state index contributed by atoms with van der Waals surface area (Å²) in [5.74, 6) is -0.0249. The lowest BCUT2D eigenvalue weighted by atomic mass is 10.0. The van der Waals surface area contributed by atoms with Crippen LogP contribution in [0.2, 0.25) is 0 Å². The molecular weight excluding hydrogens is 228 g/mol. The summed E-state index contributed by atoms with van der Waals surface area (Å²) in [5, 5.41) is 19.3. The summed E-state index contributed by atoms with van der Waals surface area (Å²) >= 11 is 0. The van der Waals surface area contributed by atoms with Gasteiger partial charge in [0.25, 0.3) is 0 Å². The summed E-state index contributed by atoms with van der Waals surface area (Å²) in [4.78, 5) is 10.7. The molecule has 1 fully saturated rings. The van der Waals surface area contributed by atoms with Crippen LogP contribution in [-0.4, -0.2) is 47.4 Å². The molecule has 0 aromatic rings. The van der Waals surface area contributed by atoms with Crippen LogP contribution in [0.1, 0.15) is 20.3 Å². The van der Waals surface area contributed by atoms with E-state index in [1.807, 2.05) is 0 Å². The lowest BCUT2D eigenvalue weighted by Crippen LogP contribution is -2.50. The molecule has 0 aromatic heterocycles. The van der Waals surface area contributed by atoms with E-state index in [-0.39, 0.29) is 13.0 Å². The minimum absolute atomic E-state index is 0.121. The second-order valence-corrected chi connectivity index (χ2v) is 4.02. The second kappa shape index (κ2) is 6.00. The molecule has 0 saturated carbocycles. The fourth-order valence-corrected chi connectivity index (χ4v) is 1.55. The zero-order chi connectivity index (χ0) is 13.0. The van der Waals surface area contributed by atoms with Crippen molar-refractivity contribution in [2.45, 2.75) is 44.9 Å². The highest BCUT2D eigenvalue weighted by molar-refractivity contribution is 5.65. The number of aliphatic hydroxyl groups is 2. The quantitative estimate of drug-likeness (QED) is 0.534. The zero-order valence-corrected chi connectivity index (χ0v) is 9.96. The first kappa shape index (κ1) is 14.0. The Labute approximate surface area is 99.8 Å². The molecular formula is C11H18O6. The van der Waals surface area contributed by atoms with Gasteiger partial charge in [-0.05, 0) is 6.92 Å². The molecule has 1 rings (SSSR count). The minimum Gasteiger partial charge on any atom is -0.470 e. The summed E-state index contributed by atoms with van der Waals surface area (Å²) < 4.78 is 15.3. The van der Waals surface area contributed by atoms with Crippen LogP contribution in [0.3, 0.4) is 0 Å². The van der Waals surface area contributed by atoms with Crippen LogP contribution < -0.4 is 0 Å². The molecule has 6 heteroatoms. The van der Waals surface area contributed by atoms with Crippen molar-refractivity contribution in [2.24, 2.45) is 0 Å². The SMILES string of the molecule is C=C(C)OC1CC(O)C(O)C(COC(C)=O)O1. The number of esters is 1. The number of ether oxygens (including phenoxy) is 3. The molecule has 0 aromatic carbocycles. The van der Waals surface area contributed by atoms with Crippen molar-refractivity contribution in [3.05, 3.63) is 12.3 Å². The van der Waals surface area contributed by atoms with E-state index in [9.17, 15) is 15.0 Å². The van der Waals surface area contributed by atoms with Gasteiger partial charge in [0.2, 0.25) is 6.29 Å². The van der Waals surface area contributed by atoms with Gasteiger partial charge < -0.3 is 24.4 Å². The molecule has 1 aliphatic heterocycles. The Hall–Kier alpha value is -1.11. The molecule has 0 radical (unpaired) electrons. The number of aliphatic hydroxyl groups excluding tert-OH is 2. The maximum Gasteiger partial charge on any atom is 0.302 e. The van der Waals surface area contributed by atoms with Gasteiger partial charge in [-0.2, -0.15) is 0 Å². The van der Waals surface area contributed by atoms with Gasteiger partial charge in [-0.15, -0.1) is 0 Å². The smallest absolute Gasteiger partial charge is 0.302 e. The molecule has 0 bridgehead atoms. The average Bonchev–Trinajstić information content (AvgIpc) is 2.20. The number of carbonyl (C=O) groups excluding carboxylic acids is 1. The molecule has 4 unspecified atom stereocenters. The maximum atomic E-state index is 10.7. The number of carbonyl (C=O) groups is 1. The van der Waals surface area contributed by atoms with Gasteiger partial charge in [-0.1, -0.05) is 6.58 Å². The molecule has 4 atom stereocenters. The minimum atomic E-state index is -1.10. The second-order valence-electron chi connectivity index (χ2n) is 4.02. The molecule has 1 saturated heterocycles. The lowest BCUT2D eigenvalue weighted by molar-refractivity contribution is -0.247. The lowest BCUT2D eigenvalue weighted by Gasteiger charge is -2.36. The Balaban J connectivity index is 2.54. The monoisotopic (exact) mass is 246 g/mol. The molecule has 98 valence electrons. The zero-order valence-electron chi connectivity index (χ0n) is 9.96. The van der Waals surface area contributed by atoms with Crippen LogP contribution in [0.5, 0.6) is 0 Å². The van der Waals surface area contributed by atoms with Gasteiger partial charge in [0.1, 0.15) is 18.8 Å². The maximum absolute atomic E-state index is 10.7. The van der Waals surface area contributed by atoms with E-state index in [2.05, 4.69) is 6.58 Å². The number of rotatable bonds is 4. The Morgan fingerprint density at radius 1 is 1.47 bits per heavy atom. The summed E-state index contributed by atoms with van der Waals surface area (Å²) in [6, 6.07) is 0. The Kier molecular flexibility index (Phi) is 4.92. The summed E-state index contributed by atoms with van der Waals surface area (Å²) in [5.41, 5.74) is 0. The highest BCUT2D eigenvalue weighted by Crippen LogP contribution is 2.22. The van der Waals surface area contributed by atoms with Crippen LogP contribution in [0.4, 0.5) is 0 Å². The van der Waals surface area contributed by atoms with Crippen molar-refractivity contribution in [1.29, 1.82) is 0 Å². The van der Waals surface area contributed by atoms with E-state index < -0.39 is 30.6 Å². The van der Waals surface area contributed by atoms with Gasteiger partial charge in [-0.25, -0.2) is 0 Å². The highest BCUT2D eigenvalue weighted by Gasteiger charge is 2.38. The van der Waals surface area contributed by atoms with E-state index in [0.717, 1.165) is 0 Å². The highest BCUT2D eigenvalue weighted by atomic mass is 16.7. The van der Waals surface area contributed by atoms with Crippen molar-refractivity contribution in [1.82, 2.24) is 0 Å². The van der Waals surface area contributed by atoms with Gasteiger partial charge in [0.15, 0.2) is 0 Å². The summed E-state index contributed by atoms with van der Waals surface area (Å²) in [6.45, 7) is 6.35. The Morgan fingerprint density at radius 3 is 2.65 bits per heavy atom. The van der Waals surface area contributed by atoms with Crippen LogP contribution in [-0.2, 0) is 19.0 Å².